The van der Waals surface area contributed by atoms with Crippen LogP contribution < -0.4 is 10.6 Å². The van der Waals surface area contributed by atoms with Gasteiger partial charge in [-0.1, -0.05) is 30.3 Å². The molecule has 2 aliphatic heterocycles. The highest BCUT2D eigenvalue weighted by atomic mass is 35.5. The Bertz CT molecular complexity index is 2080. The van der Waals surface area contributed by atoms with Crippen LogP contribution in [-0.2, 0) is 14.6 Å². The third-order valence-electron chi connectivity index (χ3n) is 8.53. The molecule has 0 aliphatic carbocycles. The number of benzene rings is 2. The second-order valence-corrected chi connectivity index (χ2v) is 14.2. The highest BCUT2D eigenvalue weighted by molar-refractivity contribution is 7.90. The van der Waals surface area contributed by atoms with Gasteiger partial charge in [-0.25, -0.2) is 31.5 Å². The summed E-state index contributed by atoms with van der Waals surface area (Å²) in [6.07, 6.45) is 2.28. The average molecular weight is 669 g/mol. The monoisotopic (exact) mass is 668 g/mol. The van der Waals surface area contributed by atoms with E-state index in [1.807, 2.05) is 14.0 Å². The predicted molar refractivity (Wildman–Crippen MR) is 172 cm³/mol. The summed E-state index contributed by atoms with van der Waals surface area (Å²) in [5.74, 6) is -1.74. The zero-order chi connectivity index (χ0) is 33.1. The smallest absolute Gasteiger partial charge is 0.350 e. The molecule has 4 aromatic rings. The van der Waals surface area contributed by atoms with Crippen molar-refractivity contribution in [3.8, 4) is 16.9 Å². The number of para-hydroxylation sites is 1. The minimum atomic E-state index is -3.89. The first-order valence-corrected chi connectivity index (χ1v) is 16.8. The Balaban J connectivity index is 1.68. The van der Waals surface area contributed by atoms with Gasteiger partial charge in [0.05, 0.1) is 21.0 Å². The Hall–Kier alpha value is -4.20. The fraction of sp³-hybridized carbons (Fsp3) is 0.312. The van der Waals surface area contributed by atoms with Crippen LogP contribution in [0.3, 0.4) is 0 Å². The molecule has 4 heterocycles. The lowest BCUT2D eigenvalue weighted by Crippen LogP contribution is -2.54. The Labute approximate surface area is 269 Å². The number of sulfone groups is 1. The summed E-state index contributed by atoms with van der Waals surface area (Å²) in [6, 6.07) is 9.07. The number of hydrogen-bond donors (Lipinski definition) is 0. The van der Waals surface area contributed by atoms with Gasteiger partial charge in [-0.2, -0.15) is 4.98 Å². The molecule has 6 rings (SSSR count). The number of nitrogens with zero attached hydrogens (tertiary/aromatic N) is 6. The molecule has 2 aliphatic rings. The molecule has 2 fully saturated rings. The van der Waals surface area contributed by atoms with Crippen molar-refractivity contribution in [2.45, 2.75) is 23.8 Å². The van der Waals surface area contributed by atoms with E-state index in [4.69, 9.17) is 11.6 Å². The van der Waals surface area contributed by atoms with E-state index >= 15 is 4.39 Å². The van der Waals surface area contributed by atoms with Crippen LogP contribution in [-0.4, -0.2) is 90.7 Å². The van der Waals surface area contributed by atoms with E-state index in [0.717, 1.165) is 29.0 Å². The van der Waals surface area contributed by atoms with Gasteiger partial charge in [0.2, 0.25) is 5.91 Å². The molecule has 46 heavy (non-hydrogen) atoms. The summed E-state index contributed by atoms with van der Waals surface area (Å²) in [5.41, 5.74) is -0.588. The molecule has 2 aromatic carbocycles. The number of amides is 1. The maximum Gasteiger partial charge on any atom is 0.355 e. The number of likely N-dealkylation sites (N-methyl/N-ethyl adjacent to an activating group) is 1. The van der Waals surface area contributed by atoms with Crippen molar-refractivity contribution < 1.29 is 22.0 Å². The van der Waals surface area contributed by atoms with Gasteiger partial charge in [-0.05, 0) is 55.9 Å². The fourth-order valence-corrected chi connectivity index (χ4v) is 7.39. The third-order valence-corrected chi connectivity index (χ3v) is 9.99. The van der Waals surface area contributed by atoms with E-state index < -0.39 is 27.2 Å². The Morgan fingerprint density at radius 1 is 1.09 bits per heavy atom. The number of aromatic nitrogens is 3. The van der Waals surface area contributed by atoms with E-state index in [-0.39, 0.29) is 68.1 Å². The van der Waals surface area contributed by atoms with Gasteiger partial charge in [0.1, 0.15) is 23.1 Å². The van der Waals surface area contributed by atoms with Gasteiger partial charge < -0.3 is 14.7 Å². The van der Waals surface area contributed by atoms with E-state index in [2.05, 4.69) is 21.4 Å². The molecule has 0 radical (unpaired) electrons. The van der Waals surface area contributed by atoms with Gasteiger partial charge in [-0.3, -0.25) is 4.79 Å². The Kier molecular flexibility index (Phi) is 8.20. The summed E-state index contributed by atoms with van der Waals surface area (Å²) in [5, 5.41) is 0.158. The van der Waals surface area contributed by atoms with Crippen LogP contribution in [0.25, 0.3) is 28.0 Å². The molecule has 10 nitrogen and oxygen atoms in total. The normalized spacial score (nSPS) is 17.7. The van der Waals surface area contributed by atoms with Crippen LogP contribution in [0.4, 0.5) is 14.6 Å². The van der Waals surface area contributed by atoms with Gasteiger partial charge in [0, 0.05) is 56.5 Å². The maximum absolute atomic E-state index is 16.0. The molecule has 2 saturated heterocycles. The van der Waals surface area contributed by atoms with Crippen molar-refractivity contribution in [3.63, 3.8) is 0 Å². The van der Waals surface area contributed by atoms with Gasteiger partial charge in [0.15, 0.2) is 15.5 Å². The molecule has 2 aromatic heterocycles. The van der Waals surface area contributed by atoms with Crippen molar-refractivity contribution in [2.75, 3.05) is 50.9 Å². The summed E-state index contributed by atoms with van der Waals surface area (Å²) in [6.45, 7) is 7.49. The first kappa shape index (κ1) is 31.8. The molecular weight excluding hydrogens is 638 g/mol. The molecule has 14 heteroatoms. The molecule has 0 unspecified atom stereocenters. The van der Waals surface area contributed by atoms with Crippen molar-refractivity contribution >= 4 is 44.2 Å². The van der Waals surface area contributed by atoms with Crippen molar-refractivity contribution in [2.24, 2.45) is 0 Å². The third kappa shape index (κ3) is 5.56. The van der Waals surface area contributed by atoms with Crippen LogP contribution in [0, 0.1) is 11.6 Å². The fourth-order valence-electron chi connectivity index (χ4n) is 6.30. The number of anilines is 1. The van der Waals surface area contributed by atoms with Crippen LogP contribution >= 0.6 is 11.6 Å². The zero-order valence-corrected chi connectivity index (χ0v) is 26.9. The summed E-state index contributed by atoms with van der Waals surface area (Å²) >= 11 is 6.37. The van der Waals surface area contributed by atoms with E-state index in [1.54, 1.807) is 21.9 Å². The molecule has 1 amide bonds. The standard InChI is InChI=1S/C32H31ClF2N6O4S/c1-5-27(42)39-11-12-40(18(2)15-39)30-23-14-25(35)28(22-13-20(34)9-10-24(22)33)36-31(23)41(32(43)37-30)29-21(19-16-38(3)17-19)7-6-8-26(29)46(4,44)45/h5-10,13-14,18-19H,1,11-12,15-17H2,2-4H3/t18-/m0/s1. The molecule has 240 valence electrons. The van der Waals surface area contributed by atoms with Gasteiger partial charge in [-0.15, -0.1) is 0 Å². The second kappa shape index (κ2) is 11.9. The molecule has 0 bridgehead atoms. The average Bonchev–Trinajstić information content (AvgIpc) is 2.99. The molecule has 1 atom stereocenters. The second-order valence-electron chi connectivity index (χ2n) is 11.8. The van der Waals surface area contributed by atoms with Gasteiger partial charge >= 0.3 is 5.69 Å². The van der Waals surface area contributed by atoms with Crippen molar-refractivity contribution in [3.05, 3.63) is 87.8 Å². The lowest BCUT2D eigenvalue weighted by Gasteiger charge is -2.40. The minimum Gasteiger partial charge on any atom is -0.350 e. The van der Waals surface area contributed by atoms with Crippen LogP contribution in [0.1, 0.15) is 18.4 Å². The van der Waals surface area contributed by atoms with E-state index in [1.165, 1.54) is 18.2 Å². The number of fused-ring (bicyclic) bond motifs is 1. The highest BCUT2D eigenvalue weighted by Crippen LogP contribution is 2.38. The molecule has 0 N–H and O–H groups in total. The number of pyridine rings is 1. The molecule has 0 spiro atoms. The quantitative estimate of drug-likeness (QED) is 0.284. The van der Waals surface area contributed by atoms with E-state index in [9.17, 15) is 22.4 Å². The molecular formula is C32H31ClF2N6O4S. The van der Waals surface area contributed by atoms with Crippen LogP contribution in [0.15, 0.2) is 64.8 Å². The summed E-state index contributed by atoms with van der Waals surface area (Å²) in [7, 11) is -1.96. The van der Waals surface area contributed by atoms with Crippen LogP contribution in [0.5, 0.6) is 0 Å². The SMILES string of the molecule is C=CC(=O)N1CCN(c2nc(=O)n(-c3c(C4CN(C)C4)cccc3S(C)(=O)=O)c3nc(-c4cc(F)ccc4Cl)c(F)cc23)[C@@H](C)C1. The predicted octanol–water partition coefficient (Wildman–Crippen LogP) is 4.03. The largest absolute Gasteiger partial charge is 0.355 e. The molecule has 0 saturated carbocycles. The number of hydrogen-bond acceptors (Lipinski definition) is 8. The highest BCUT2D eigenvalue weighted by Gasteiger charge is 2.34. The van der Waals surface area contributed by atoms with Crippen molar-refractivity contribution in [1.29, 1.82) is 0 Å². The Morgan fingerprint density at radius 2 is 1.83 bits per heavy atom. The number of halogens is 3. The van der Waals surface area contributed by atoms with Crippen molar-refractivity contribution in [1.82, 2.24) is 24.3 Å². The number of rotatable bonds is 6. The minimum absolute atomic E-state index is 0.0293. The lowest BCUT2D eigenvalue weighted by atomic mass is 9.90. The number of piperazine rings is 1. The first-order chi connectivity index (χ1) is 21.8. The maximum atomic E-state index is 16.0. The van der Waals surface area contributed by atoms with Crippen LogP contribution in [0.2, 0.25) is 5.02 Å². The van der Waals surface area contributed by atoms with Gasteiger partial charge in [0.25, 0.3) is 0 Å². The summed E-state index contributed by atoms with van der Waals surface area (Å²) in [4.78, 5) is 40.9. The lowest BCUT2D eigenvalue weighted by molar-refractivity contribution is -0.126. The topological polar surface area (TPSA) is 109 Å². The Morgan fingerprint density at radius 3 is 2.48 bits per heavy atom. The number of carbonyl (C=O) groups is 1. The first-order valence-electron chi connectivity index (χ1n) is 14.6. The number of likely N-dealkylation sites (tertiary alicyclic amines) is 1. The van der Waals surface area contributed by atoms with E-state index in [0.29, 0.717) is 31.7 Å². The summed E-state index contributed by atoms with van der Waals surface area (Å²) < 4.78 is 57.9. The zero-order valence-electron chi connectivity index (χ0n) is 25.4. The number of carbonyl (C=O) groups excluding carboxylic acids is 1.